The number of fused-ring (bicyclic) bond motifs is 1. The number of aromatic nitrogens is 4. The molecule has 4 N–H and O–H groups in total. The van der Waals surface area contributed by atoms with E-state index in [4.69, 9.17) is 50.5 Å². The molecule has 180 valence electrons. The number of benzene rings is 1. The van der Waals surface area contributed by atoms with Crippen LogP contribution in [0.5, 0.6) is 0 Å². The van der Waals surface area contributed by atoms with Crippen molar-refractivity contribution in [2.45, 2.75) is 51.0 Å². The quantitative estimate of drug-likeness (QED) is 0.353. The van der Waals surface area contributed by atoms with Crippen molar-refractivity contribution in [1.82, 2.24) is 19.5 Å². The number of rotatable bonds is 7. The van der Waals surface area contributed by atoms with Crippen molar-refractivity contribution in [2.24, 2.45) is 17.6 Å². The van der Waals surface area contributed by atoms with Crippen LogP contribution in [0.15, 0.2) is 18.3 Å². The van der Waals surface area contributed by atoms with Gasteiger partial charge in [0.05, 0.1) is 21.9 Å². The highest BCUT2D eigenvalue weighted by molar-refractivity contribution is 6.41. The molecular weight excluding hydrogens is 497 g/mol. The van der Waals surface area contributed by atoms with E-state index in [1.165, 1.54) is 19.3 Å². The lowest BCUT2D eigenvalue weighted by atomic mass is 9.85. The van der Waals surface area contributed by atoms with Gasteiger partial charge in [-0.15, -0.1) is 0 Å². The summed E-state index contributed by atoms with van der Waals surface area (Å²) in [6.45, 7) is 0.866. The number of nitrogens with zero attached hydrogens (tertiary/aromatic N) is 4. The van der Waals surface area contributed by atoms with E-state index in [-0.39, 0.29) is 17.9 Å². The Morgan fingerprint density at radius 2 is 1.76 bits per heavy atom. The zero-order chi connectivity index (χ0) is 23.8. The normalized spacial score (nSPS) is 20.8. The van der Waals surface area contributed by atoms with Crippen molar-refractivity contribution < 1.29 is 4.79 Å². The number of amides is 1. The van der Waals surface area contributed by atoms with Gasteiger partial charge in [-0.2, -0.15) is 4.98 Å². The molecule has 11 heteroatoms. The van der Waals surface area contributed by atoms with E-state index in [0.29, 0.717) is 44.1 Å². The van der Waals surface area contributed by atoms with Gasteiger partial charge in [0.15, 0.2) is 5.65 Å². The van der Waals surface area contributed by atoms with Crippen LogP contribution >= 0.6 is 34.8 Å². The Bertz CT molecular complexity index is 1200. The smallest absolute Gasteiger partial charge is 0.224 e. The molecule has 8 nitrogen and oxygen atoms in total. The molecule has 0 radical (unpaired) electrons. The second kappa shape index (κ2) is 9.76. The number of nitrogens with one attached hydrogen (secondary N) is 2. The molecule has 0 atom stereocenters. The average molecular weight is 523 g/mol. The number of imidazole rings is 1. The summed E-state index contributed by atoms with van der Waals surface area (Å²) in [5, 5.41) is 7.90. The van der Waals surface area contributed by atoms with Crippen LogP contribution in [0.3, 0.4) is 0 Å². The first-order valence-electron chi connectivity index (χ1n) is 11.6. The molecule has 0 aliphatic heterocycles. The maximum absolute atomic E-state index is 11.7. The summed E-state index contributed by atoms with van der Waals surface area (Å²) in [5.41, 5.74) is 7.46. The lowest BCUT2D eigenvalue weighted by Crippen LogP contribution is -2.28. The Balaban J connectivity index is 1.51. The van der Waals surface area contributed by atoms with Gasteiger partial charge in [0.1, 0.15) is 5.52 Å². The molecule has 5 rings (SSSR count). The monoisotopic (exact) mass is 521 g/mol. The fraction of sp³-hybridized carbons (Fsp3) is 0.478. The van der Waals surface area contributed by atoms with E-state index in [0.717, 1.165) is 37.9 Å². The Labute approximate surface area is 212 Å². The van der Waals surface area contributed by atoms with Crippen molar-refractivity contribution in [3.63, 3.8) is 0 Å². The van der Waals surface area contributed by atoms with Gasteiger partial charge in [-0.3, -0.25) is 9.36 Å². The number of carbonyl (C=O) groups excluding carboxylic acids is 1. The van der Waals surface area contributed by atoms with Gasteiger partial charge >= 0.3 is 0 Å². The van der Waals surface area contributed by atoms with E-state index in [9.17, 15) is 4.79 Å². The maximum Gasteiger partial charge on any atom is 0.224 e. The fourth-order valence-electron chi connectivity index (χ4n) is 4.73. The zero-order valence-electron chi connectivity index (χ0n) is 18.5. The van der Waals surface area contributed by atoms with Crippen molar-refractivity contribution in [3.8, 4) is 0 Å². The number of anilines is 3. The van der Waals surface area contributed by atoms with Gasteiger partial charge in [-0.05, 0) is 56.6 Å². The van der Waals surface area contributed by atoms with Crippen LogP contribution in [-0.2, 0) is 4.79 Å². The molecule has 0 saturated heterocycles. The minimum atomic E-state index is -0.239. The van der Waals surface area contributed by atoms with Crippen molar-refractivity contribution in [2.75, 3.05) is 17.2 Å². The van der Waals surface area contributed by atoms with Gasteiger partial charge < -0.3 is 16.4 Å². The highest BCUT2D eigenvalue weighted by atomic mass is 35.5. The molecule has 3 aromatic rings. The minimum absolute atomic E-state index is 0.0855. The number of hydrogen-bond donors (Lipinski definition) is 3. The molecule has 0 bridgehead atoms. The van der Waals surface area contributed by atoms with Crippen molar-refractivity contribution in [1.29, 1.82) is 0 Å². The van der Waals surface area contributed by atoms with Crippen LogP contribution in [0.25, 0.3) is 11.2 Å². The highest BCUT2D eigenvalue weighted by Gasteiger charge is 2.29. The molecule has 2 aromatic heterocycles. The summed E-state index contributed by atoms with van der Waals surface area (Å²) in [6.07, 6.45) is 8.51. The maximum atomic E-state index is 11.7. The van der Waals surface area contributed by atoms with Crippen molar-refractivity contribution >= 4 is 69.5 Å². The first-order chi connectivity index (χ1) is 16.4. The van der Waals surface area contributed by atoms with Crippen LogP contribution < -0.4 is 16.4 Å². The standard InChI is InChI=1S/C23H26Cl3N7O/c24-14-8-16(25)19(17(26)9-14)31-23-30-18-11-29-22(28-10-12-2-1-3-12)32-21(18)33(23)15-6-4-13(5-7-15)20(27)34/h8-9,11-13,15H,1-7,10H2,(H2,27,34)(H,30,31)(H,28,29,32)/t13-,15-. The number of primary amides is 1. The third kappa shape index (κ3) is 4.76. The minimum Gasteiger partial charge on any atom is -0.369 e. The Morgan fingerprint density at radius 1 is 1.06 bits per heavy atom. The first-order valence-corrected chi connectivity index (χ1v) is 12.7. The number of nitrogens with two attached hydrogens (primary N) is 1. The lowest BCUT2D eigenvalue weighted by molar-refractivity contribution is -0.122. The second-order valence-electron chi connectivity index (χ2n) is 9.16. The molecule has 0 spiro atoms. The average Bonchev–Trinajstić information content (AvgIpc) is 3.12. The van der Waals surface area contributed by atoms with Crippen LogP contribution in [0, 0.1) is 11.8 Å². The highest BCUT2D eigenvalue weighted by Crippen LogP contribution is 2.40. The molecule has 2 aliphatic carbocycles. The van der Waals surface area contributed by atoms with Gasteiger partial charge in [-0.1, -0.05) is 41.2 Å². The topological polar surface area (TPSA) is 111 Å². The molecule has 2 saturated carbocycles. The predicted octanol–water partition coefficient (Wildman–Crippen LogP) is 5.96. The fourth-order valence-corrected chi connectivity index (χ4v) is 5.65. The van der Waals surface area contributed by atoms with E-state index in [1.54, 1.807) is 18.3 Å². The molecule has 0 unspecified atom stereocenters. The Hall–Kier alpha value is -2.29. The van der Waals surface area contributed by atoms with Gasteiger partial charge in [-0.25, -0.2) is 9.97 Å². The first kappa shape index (κ1) is 23.5. The van der Waals surface area contributed by atoms with Crippen LogP contribution in [-0.4, -0.2) is 32.0 Å². The Kier molecular flexibility index (Phi) is 6.73. The zero-order valence-corrected chi connectivity index (χ0v) is 20.8. The number of hydrogen-bond acceptors (Lipinski definition) is 6. The summed E-state index contributed by atoms with van der Waals surface area (Å²) in [6, 6.07) is 3.34. The molecule has 2 heterocycles. The molecule has 1 amide bonds. The Morgan fingerprint density at radius 3 is 2.38 bits per heavy atom. The molecule has 34 heavy (non-hydrogen) atoms. The third-order valence-corrected chi connectivity index (χ3v) is 7.73. The van der Waals surface area contributed by atoms with Gasteiger partial charge in [0.2, 0.25) is 17.8 Å². The van der Waals surface area contributed by atoms with E-state index >= 15 is 0 Å². The van der Waals surface area contributed by atoms with E-state index < -0.39 is 0 Å². The summed E-state index contributed by atoms with van der Waals surface area (Å²) in [4.78, 5) is 25.7. The van der Waals surface area contributed by atoms with Gasteiger partial charge in [0.25, 0.3) is 0 Å². The molecular formula is C23H26Cl3N7O. The molecule has 1 aromatic carbocycles. The summed E-state index contributed by atoms with van der Waals surface area (Å²) in [5.74, 6) is 1.49. The SMILES string of the molecule is NC(=O)[C@H]1CC[C@H](n2c(Nc3c(Cl)cc(Cl)cc3Cl)nc3cnc(NCC4CCC4)nc32)CC1. The largest absolute Gasteiger partial charge is 0.369 e. The van der Waals surface area contributed by atoms with Crippen LogP contribution in [0.4, 0.5) is 17.6 Å². The van der Waals surface area contributed by atoms with Crippen molar-refractivity contribution in [3.05, 3.63) is 33.4 Å². The molecule has 2 aliphatic rings. The predicted molar refractivity (Wildman–Crippen MR) is 136 cm³/mol. The van der Waals surface area contributed by atoms with Gasteiger partial charge in [0, 0.05) is 23.5 Å². The lowest BCUT2D eigenvalue weighted by Gasteiger charge is -2.29. The summed E-state index contributed by atoms with van der Waals surface area (Å²) >= 11 is 19.0. The van der Waals surface area contributed by atoms with Crippen LogP contribution in [0.1, 0.15) is 51.0 Å². The molecule has 2 fully saturated rings. The number of carbonyl (C=O) groups is 1. The number of halogens is 3. The second-order valence-corrected chi connectivity index (χ2v) is 10.4. The summed E-state index contributed by atoms with van der Waals surface area (Å²) < 4.78 is 2.07. The van der Waals surface area contributed by atoms with E-state index in [1.807, 2.05) is 0 Å². The van der Waals surface area contributed by atoms with E-state index in [2.05, 4.69) is 20.2 Å². The summed E-state index contributed by atoms with van der Waals surface area (Å²) in [7, 11) is 0. The van der Waals surface area contributed by atoms with Crippen LogP contribution in [0.2, 0.25) is 15.1 Å². The third-order valence-electron chi connectivity index (χ3n) is 6.91.